The first kappa shape index (κ1) is 19.4. The standard InChI is InChI=1S/C12H19N5O7P2/c1-25(18,19)22-4-8-7(24-26(2,20)21)3-9(23-8)17-6-16-10-11(13)14-5-15-12(10)17/h5-9H,3-4H2,1-2H3,(H,18,19)(H,20,21)(H2,13,14,15)/p-2/t7-,8+,9+/m0/s1. The summed E-state index contributed by atoms with van der Waals surface area (Å²) >= 11 is 0. The summed E-state index contributed by atoms with van der Waals surface area (Å²) in [5, 5.41) is 0. The maximum atomic E-state index is 11.5. The van der Waals surface area contributed by atoms with Crippen molar-refractivity contribution in [1.82, 2.24) is 19.5 Å². The first-order valence-electron chi connectivity index (χ1n) is 7.52. The van der Waals surface area contributed by atoms with Crippen molar-refractivity contribution in [2.75, 3.05) is 25.7 Å². The molecule has 144 valence electrons. The summed E-state index contributed by atoms with van der Waals surface area (Å²) in [5.74, 6) is 0.190. The van der Waals surface area contributed by atoms with Gasteiger partial charge in [-0.2, -0.15) is 0 Å². The minimum Gasteiger partial charge on any atom is -0.779 e. The maximum absolute atomic E-state index is 11.5. The Labute approximate surface area is 148 Å². The molecule has 2 aromatic heterocycles. The van der Waals surface area contributed by atoms with Crippen LogP contribution < -0.4 is 15.5 Å². The molecule has 0 radical (unpaired) electrons. The van der Waals surface area contributed by atoms with Gasteiger partial charge in [-0.15, -0.1) is 0 Å². The predicted octanol–water partition coefficient (Wildman–Crippen LogP) is -0.536. The molecule has 2 aromatic rings. The quantitative estimate of drug-likeness (QED) is 0.610. The molecular formula is C12H17N5O7P2-2. The van der Waals surface area contributed by atoms with Crippen molar-refractivity contribution in [2.24, 2.45) is 0 Å². The van der Waals surface area contributed by atoms with E-state index in [0.29, 0.717) is 11.2 Å². The lowest BCUT2D eigenvalue weighted by Gasteiger charge is -2.27. The number of nitrogen functional groups attached to an aromatic ring is 1. The van der Waals surface area contributed by atoms with Crippen LogP contribution in [0.25, 0.3) is 11.2 Å². The molecule has 0 spiro atoms. The van der Waals surface area contributed by atoms with Crippen molar-refractivity contribution < 1.29 is 32.7 Å². The smallest absolute Gasteiger partial charge is 0.167 e. The number of anilines is 1. The number of imidazole rings is 1. The Balaban J connectivity index is 1.85. The number of nitrogens with zero attached hydrogens (tertiary/aromatic N) is 4. The summed E-state index contributed by atoms with van der Waals surface area (Å²) in [5.41, 5.74) is 6.51. The van der Waals surface area contributed by atoms with Crippen molar-refractivity contribution >= 4 is 32.2 Å². The number of aromatic nitrogens is 4. The molecule has 5 atom stereocenters. The summed E-state index contributed by atoms with van der Waals surface area (Å²) in [4.78, 5) is 34.8. The third kappa shape index (κ3) is 4.47. The van der Waals surface area contributed by atoms with Gasteiger partial charge in [0.15, 0.2) is 11.5 Å². The molecule has 3 rings (SSSR count). The van der Waals surface area contributed by atoms with Crippen LogP contribution >= 0.6 is 15.2 Å². The largest absolute Gasteiger partial charge is 0.779 e. The average Bonchev–Trinajstić information content (AvgIpc) is 3.07. The monoisotopic (exact) mass is 405 g/mol. The molecule has 2 N–H and O–H groups in total. The lowest BCUT2D eigenvalue weighted by molar-refractivity contribution is -0.205. The first-order chi connectivity index (χ1) is 12.0. The van der Waals surface area contributed by atoms with E-state index in [1.807, 2.05) is 0 Å². The van der Waals surface area contributed by atoms with Gasteiger partial charge in [-0.1, -0.05) is 0 Å². The molecule has 0 saturated carbocycles. The summed E-state index contributed by atoms with van der Waals surface area (Å²) in [6.07, 6.45) is 0.292. The van der Waals surface area contributed by atoms with E-state index in [1.165, 1.54) is 12.7 Å². The second-order valence-corrected chi connectivity index (χ2v) is 9.48. The Morgan fingerprint density at radius 3 is 2.69 bits per heavy atom. The molecule has 1 fully saturated rings. The number of fused-ring (bicyclic) bond motifs is 1. The van der Waals surface area contributed by atoms with Crippen LogP contribution in [-0.2, 0) is 22.9 Å². The van der Waals surface area contributed by atoms with Gasteiger partial charge in [-0.3, -0.25) is 4.57 Å². The average molecular weight is 405 g/mol. The van der Waals surface area contributed by atoms with Crippen LogP contribution in [0.4, 0.5) is 5.82 Å². The summed E-state index contributed by atoms with van der Waals surface area (Å²) < 4.78 is 39.9. The zero-order chi connectivity index (χ0) is 19.1. The third-order valence-corrected chi connectivity index (χ3v) is 4.95. The predicted molar refractivity (Wildman–Crippen MR) is 86.1 cm³/mol. The Hall–Kier alpha value is -1.39. The zero-order valence-corrected chi connectivity index (χ0v) is 15.7. The molecule has 0 aliphatic carbocycles. The normalized spacial score (nSPS) is 28.1. The van der Waals surface area contributed by atoms with E-state index in [-0.39, 0.29) is 18.8 Å². The van der Waals surface area contributed by atoms with Crippen molar-refractivity contribution in [1.29, 1.82) is 0 Å². The van der Waals surface area contributed by atoms with Crippen LogP contribution in [0.3, 0.4) is 0 Å². The van der Waals surface area contributed by atoms with E-state index in [0.717, 1.165) is 13.3 Å². The van der Waals surface area contributed by atoms with Gasteiger partial charge >= 0.3 is 0 Å². The highest BCUT2D eigenvalue weighted by Crippen LogP contribution is 2.43. The highest BCUT2D eigenvalue weighted by atomic mass is 31.2. The SMILES string of the molecule is CP(=O)([O-])OC[C@H]1O[C@@H](n2cnc3c(N)ncnc32)C[C@@H]1OP(C)(=O)[O-]. The molecule has 12 nitrogen and oxygen atoms in total. The Kier molecular flexibility index (Phi) is 5.19. The van der Waals surface area contributed by atoms with Crippen molar-refractivity contribution in [3.63, 3.8) is 0 Å². The fourth-order valence-electron chi connectivity index (χ4n) is 2.67. The fourth-order valence-corrected chi connectivity index (χ4v) is 3.80. The molecule has 0 amide bonds. The topological polar surface area (TPSA) is 178 Å². The van der Waals surface area contributed by atoms with Gasteiger partial charge in [-0.05, 0) is 0 Å². The minimum atomic E-state index is -4.08. The van der Waals surface area contributed by atoms with Gasteiger partial charge in [0.2, 0.25) is 0 Å². The van der Waals surface area contributed by atoms with E-state index in [1.54, 1.807) is 4.57 Å². The molecule has 14 heteroatoms. The Bertz CT molecular complexity index is 893. The zero-order valence-electron chi connectivity index (χ0n) is 13.9. The van der Waals surface area contributed by atoms with Crippen LogP contribution in [0.15, 0.2) is 12.7 Å². The van der Waals surface area contributed by atoms with Gasteiger partial charge < -0.3 is 38.4 Å². The lowest BCUT2D eigenvalue weighted by atomic mass is 10.2. The third-order valence-electron chi connectivity index (χ3n) is 3.68. The molecule has 1 aliphatic heterocycles. The van der Waals surface area contributed by atoms with Crippen LogP contribution in [0.2, 0.25) is 0 Å². The van der Waals surface area contributed by atoms with Gasteiger partial charge in [0.05, 0.1) is 19.0 Å². The molecule has 26 heavy (non-hydrogen) atoms. The molecular weight excluding hydrogens is 388 g/mol. The van der Waals surface area contributed by atoms with Crippen molar-refractivity contribution in [3.05, 3.63) is 12.7 Å². The second-order valence-electron chi connectivity index (χ2n) is 5.93. The molecule has 1 saturated heterocycles. The fraction of sp³-hybridized carbons (Fsp3) is 0.583. The highest BCUT2D eigenvalue weighted by molar-refractivity contribution is 7.50. The first-order valence-corrected chi connectivity index (χ1v) is 11.5. The minimum absolute atomic E-state index is 0.121. The molecule has 0 bridgehead atoms. The van der Waals surface area contributed by atoms with Crippen LogP contribution in [0.1, 0.15) is 12.6 Å². The van der Waals surface area contributed by atoms with E-state index in [2.05, 4.69) is 15.0 Å². The van der Waals surface area contributed by atoms with Gasteiger partial charge in [0, 0.05) is 19.8 Å². The summed E-state index contributed by atoms with van der Waals surface area (Å²) in [6, 6.07) is 0. The van der Waals surface area contributed by atoms with E-state index in [4.69, 9.17) is 19.5 Å². The van der Waals surface area contributed by atoms with Crippen LogP contribution in [-0.4, -0.2) is 51.7 Å². The Morgan fingerprint density at radius 2 is 2.04 bits per heavy atom. The second kappa shape index (κ2) is 6.97. The highest BCUT2D eigenvalue weighted by Gasteiger charge is 2.39. The Morgan fingerprint density at radius 1 is 1.31 bits per heavy atom. The van der Waals surface area contributed by atoms with E-state index >= 15 is 0 Å². The molecule has 0 aromatic carbocycles. The van der Waals surface area contributed by atoms with Crippen LogP contribution in [0.5, 0.6) is 0 Å². The molecule has 1 aliphatic rings. The summed E-state index contributed by atoms with van der Waals surface area (Å²) in [6.45, 7) is 1.47. The lowest BCUT2D eigenvalue weighted by Crippen LogP contribution is -2.30. The summed E-state index contributed by atoms with van der Waals surface area (Å²) in [7, 11) is -8.09. The van der Waals surface area contributed by atoms with E-state index in [9.17, 15) is 18.9 Å². The van der Waals surface area contributed by atoms with Crippen LogP contribution in [0, 0.1) is 0 Å². The molecule has 2 unspecified atom stereocenters. The van der Waals surface area contributed by atoms with Gasteiger partial charge in [0.25, 0.3) is 0 Å². The van der Waals surface area contributed by atoms with E-state index < -0.39 is 33.6 Å². The number of hydrogen-bond acceptors (Lipinski definition) is 11. The number of nitrogens with two attached hydrogens (primary N) is 1. The molecule has 3 heterocycles. The number of ether oxygens (including phenoxy) is 1. The van der Waals surface area contributed by atoms with Gasteiger partial charge in [-0.25, -0.2) is 15.0 Å². The number of rotatable bonds is 6. The van der Waals surface area contributed by atoms with Gasteiger partial charge in [0.1, 0.15) is 39.4 Å². The maximum Gasteiger partial charge on any atom is 0.167 e. The van der Waals surface area contributed by atoms with Crippen molar-refractivity contribution in [2.45, 2.75) is 24.9 Å². The van der Waals surface area contributed by atoms with Crippen molar-refractivity contribution in [3.8, 4) is 0 Å². The number of hydrogen-bond donors (Lipinski definition) is 1.